The Labute approximate surface area is 120 Å². The van der Waals surface area contributed by atoms with Gasteiger partial charge in [-0.2, -0.15) is 5.10 Å². The summed E-state index contributed by atoms with van der Waals surface area (Å²) in [5.74, 6) is 0.677. The first kappa shape index (κ1) is 12.5. The van der Waals surface area contributed by atoms with Gasteiger partial charge >= 0.3 is 0 Å². The van der Waals surface area contributed by atoms with E-state index < -0.39 is 0 Å². The fraction of sp³-hybridized carbons (Fsp3) is 0.231. The van der Waals surface area contributed by atoms with Crippen molar-refractivity contribution in [2.45, 2.75) is 19.3 Å². The summed E-state index contributed by atoms with van der Waals surface area (Å²) < 4.78 is 0. The number of Topliss-reactive ketones (excluding diaryl/α,β-unsaturated/α-hetero) is 1. The number of H-pyrrole nitrogens is 1. The van der Waals surface area contributed by atoms with Gasteiger partial charge < -0.3 is 5.32 Å². The van der Waals surface area contributed by atoms with E-state index >= 15 is 0 Å². The van der Waals surface area contributed by atoms with Crippen LogP contribution in [0.1, 0.15) is 28.9 Å². The molecule has 0 radical (unpaired) electrons. The number of hydrogen-bond acceptors (Lipinski definition) is 3. The van der Waals surface area contributed by atoms with Crippen LogP contribution in [0.4, 0.5) is 11.5 Å². The molecule has 6 heteroatoms. The number of carbonyl (C=O) groups excluding carboxylic acids is 1. The minimum Gasteiger partial charge on any atom is -0.338 e. The highest BCUT2D eigenvalue weighted by atomic mass is 35.5. The number of fused-ring (bicyclic) bond motifs is 1. The molecule has 1 heterocycles. The van der Waals surface area contributed by atoms with Crippen LogP contribution >= 0.6 is 23.2 Å². The molecule has 0 atom stereocenters. The van der Waals surface area contributed by atoms with Crippen LogP contribution < -0.4 is 5.32 Å². The monoisotopic (exact) mass is 295 g/mol. The third-order valence-corrected chi connectivity index (χ3v) is 3.87. The Hall–Kier alpha value is -1.52. The first-order valence-corrected chi connectivity index (χ1v) is 6.73. The Morgan fingerprint density at radius 2 is 2.05 bits per heavy atom. The average molecular weight is 296 g/mol. The predicted octanol–water partition coefficient (Wildman–Crippen LogP) is 3.98. The zero-order valence-electron chi connectivity index (χ0n) is 9.96. The van der Waals surface area contributed by atoms with Crippen LogP contribution in [0.15, 0.2) is 18.2 Å². The van der Waals surface area contributed by atoms with Crippen LogP contribution in [-0.4, -0.2) is 16.0 Å². The molecule has 0 fully saturated rings. The van der Waals surface area contributed by atoms with Crippen molar-refractivity contribution in [3.8, 4) is 0 Å². The van der Waals surface area contributed by atoms with Gasteiger partial charge in [0.1, 0.15) is 0 Å². The van der Waals surface area contributed by atoms with Gasteiger partial charge in [-0.3, -0.25) is 9.89 Å². The summed E-state index contributed by atoms with van der Waals surface area (Å²) in [5.41, 5.74) is 2.32. The van der Waals surface area contributed by atoms with Crippen molar-refractivity contribution in [1.29, 1.82) is 0 Å². The van der Waals surface area contributed by atoms with Gasteiger partial charge in [-0.25, -0.2) is 0 Å². The zero-order chi connectivity index (χ0) is 13.4. The van der Waals surface area contributed by atoms with Gasteiger partial charge in [0, 0.05) is 17.8 Å². The molecule has 0 aliphatic heterocycles. The third kappa shape index (κ3) is 2.33. The van der Waals surface area contributed by atoms with E-state index in [2.05, 4.69) is 15.5 Å². The molecule has 0 spiro atoms. The molecule has 1 aliphatic rings. The second-order valence-electron chi connectivity index (χ2n) is 4.46. The molecule has 2 aromatic rings. The van der Waals surface area contributed by atoms with Crippen LogP contribution in [0.3, 0.4) is 0 Å². The third-order valence-electron chi connectivity index (χ3n) is 3.13. The van der Waals surface area contributed by atoms with E-state index in [9.17, 15) is 4.79 Å². The van der Waals surface area contributed by atoms with Gasteiger partial charge in [0.25, 0.3) is 0 Å². The zero-order valence-corrected chi connectivity index (χ0v) is 11.5. The lowest BCUT2D eigenvalue weighted by molar-refractivity contribution is 0.0973. The molecule has 0 unspecified atom stereocenters. The van der Waals surface area contributed by atoms with E-state index in [-0.39, 0.29) is 5.78 Å². The van der Waals surface area contributed by atoms with Gasteiger partial charge in [0.2, 0.25) is 0 Å². The summed E-state index contributed by atoms with van der Waals surface area (Å²) in [7, 11) is 0. The van der Waals surface area contributed by atoms with Crippen LogP contribution in [-0.2, 0) is 6.42 Å². The van der Waals surface area contributed by atoms with Gasteiger partial charge in [0.05, 0.1) is 15.6 Å². The number of rotatable bonds is 2. The molecule has 0 saturated heterocycles. The lowest BCUT2D eigenvalue weighted by Gasteiger charge is -2.11. The summed E-state index contributed by atoms with van der Waals surface area (Å²) >= 11 is 11.8. The normalized spacial score (nSPS) is 14.3. The second-order valence-corrected chi connectivity index (χ2v) is 5.27. The van der Waals surface area contributed by atoms with E-state index in [1.165, 1.54) is 0 Å². The van der Waals surface area contributed by atoms with E-state index in [0.29, 0.717) is 27.8 Å². The predicted molar refractivity (Wildman–Crippen MR) is 75.6 cm³/mol. The maximum atomic E-state index is 11.9. The number of anilines is 2. The Bertz CT molecular complexity index is 651. The number of benzene rings is 1. The summed E-state index contributed by atoms with van der Waals surface area (Å²) in [6.07, 6.45) is 2.31. The molecular weight excluding hydrogens is 285 g/mol. The Morgan fingerprint density at radius 3 is 2.84 bits per heavy atom. The van der Waals surface area contributed by atoms with Gasteiger partial charge in [-0.15, -0.1) is 0 Å². The van der Waals surface area contributed by atoms with Crippen molar-refractivity contribution in [2.75, 3.05) is 5.32 Å². The minimum atomic E-state index is 0.123. The summed E-state index contributed by atoms with van der Waals surface area (Å²) in [6.45, 7) is 0. The van der Waals surface area contributed by atoms with Gasteiger partial charge in [0.15, 0.2) is 11.6 Å². The molecule has 4 nitrogen and oxygen atoms in total. The lowest BCUT2D eigenvalue weighted by Crippen LogP contribution is -2.10. The van der Waals surface area contributed by atoms with Crippen molar-refractivity contribution < 1.29 is 4.79 Å². The smallest absolute Gasteiger partial charge is 0.168 e. The largest absolute Gasteiger partial charge is 0.338 e. The number of aromatic amines is 1. The van der Waals surface area contributed by atoms with Gasteiger partial charge in [-0.05, 0) is 31.0 Å². The van der Waals surface area contributed by atoms with Crippen molar-refractivity contribution in [3.63, 3.8) is 0 Å². The quantitative estimate of drug-likeness (QED) is 0.881. The minimum absolute atomic E-state index is 0.123. The van der Waals surface area contributed by atoms with Crippen molar-refractivity contribution in [2.24, 2.45) is 0 Å². The molecule has 3 rings (SSSR count). The number of aryl methyl sites for hydroxylation is 1. The maximum Gasteiger partial charge on any atom is 0.168 e. The SMILES string of the molecule is O=C1CCCc2[nH]nc(Nc3ccc(Cl)c(Cl)c3)c21. The number of nitrogens with one attached hydrogen (secondary N) is 2. The van der Waals surface area contributed by atoms with E-state index in [1.807, 2.05) is 0 Å². The molecule has 1 aliphatic carbocycles. The standard InChI is InChI=1S/C13H11Cl2N3O/c14-8-5-4-7(6-9(8)15)16-13-12-10(17-18-13)2-1-3-11(12)19/h4-6H,1-3H2,(H2,16,17,18). The highest BCUT2D eigenvalue weighted by Crippen LogP contribution is 2.30. The van der Waals surface area contributed by atoms with E-state index in [1.54, 1.807) is 18.2 Å². The van der Waals surface area contributed by atoms with Crippen LogP contribution in [0, 0.1) is 0 Å². The first-order chi connectivity index (χ1) is 9.15. The summed E-state index contributed by atoms with van der Waals surface area (Å²) in [6, 6.07) is 5.20. The van der Waals surface area contributed by atoms with Crippen molar-refractivity contribution >= 4 is 40.5 Å². The number of hydrogen-bond donors (Lipinski definition) is 2. The molecular formula is C13H11Cl2N3O. The maximum absolute atomic E-state index is 11.9. The topological polar surface area (TPSA) is 57.8 Å². The fourth-order valence-electron chi connectivity index (χ4n) is 2.21. The van der Waals surface area contributed by atoms with Crippen LogP contribution in [0.25, 0.3) is 0 Å². The molecule has 0 bridgehead atoms. The van der Waals surface area contributed by atoms with Crippen LogP contribution in [0.5, 0.6) is 0 Å². The number of nitrogens with zero attached hydrogens (tertiary/aromatic N) is 1. The van der Waals surface area contributed by atoms with Crippen molar-refractivity contribution in [1.82, 2.24) is 10.2 Å². The highest BCUT2D eigenvalue weighted by Gasteiger charge is 2.24. The van der Waals surface area contributed by atoms with Crippen molar-refractivity contribution in [3.05, 3.63) is 39.5 Å². The lowest BCUT2D eigenvalue weighted by atomic mass is 9.96. The molecule has 1 aromatic heterocycles. The highest BCUT2D eigenvalue weighted by molar-refractivity contribution is 6.42. The van der Waals surface area contributed by atoms with Crippen LogP contribution in [0.2, 0.25) is 10.0 Å². The molecule has 1 aromatic carbocycles. The fourth-order valence-corrected chi connectivity index (χ4v) is 2.51. The molecule has 2 N–H and O–H groups in total. The van der Waals surface area contributed by atoms with E-state index in [0.717, 1.165) is 24.2 Å². The molecule has 19 heavy (non-hydrogen) atoms. The Balaban J connectivity index is 1.93. The molecule has 98 valence electrons. The Kier molecular flexibility index (Phi) is 3.21. The molecule has 0 amide bonds. The van der Waals surface area contributed by atoms with E-state index in [4.69, 9.17) is 23.2 Å². The summed E-state index contributed by atoms with van der Waals surface area (Å²) in [5, 5.41) is 11.1. The molecule has 0 saturated carbocycles. The average Bonchev–Trinajstić information content (AvgIpc) is 2.79. The number of carbonyl (C=O) groups is 1. The second kappa shape index (κ2) is 4.87. The number of halogens is 2. The Morgan fingerprint density at radius 1 is 1.21 bits per heavy atom. The first-order valence-electron chi connectivity index (χ1n) is 5.97. The number of aromatic nitrogens is 2. The number of ketones is 1. The van der Waals surface area contributed by atoms with Gasteiger partial charge in [-0.1, -0.05) is 23.2 Å². The summed E-state index contributed by atoms with van der Waals surface area (Å²) in [4.78, 5) is 11.9.